The molecule has 0 spiro atoms. The number of aryl methyl sites for hydroxylation is 2. The fraction of sp³-hybridized carbons (Fsp3) is 0.100. The highest BCUT2D eigenvalue weighted by Crippen LogP contribution is 2.20. The molecular weight excluding hydrogens is 326 g/mol. The van der Waals surface area contributed by atoms with Gasteiger partial charge >= 0.3 is 0 Å². The molecule has 128 valence electrons. The largest absolute Gasteiger partial charge is 0.339 e. The van der Waals surface area contributed by atoms with Crippen molar-refractivity contribution in [2.75, 3.05) is 10.6 Å². The third kappa shape index (κ3) is 3.84. The van der Waals surface area contributed by atoms with Crippen LogP contribution >= 0.6 is 0 Å². The Labute approximate surface area is 151 Å². The van der Waals surface area contributed by atoms with Crippen LogP contribution in [0.4, 0.5) is 17.2 Å². The second kappa shape index (κ2) is 7.45. The van der Waals surface area contributed by atoms with Crippen LogP contribution in [0.1, 0.15) is 27.2 Å². The fourth-order valence-electron chi connectivity index (χ4n) is 2.48. The van der Waals surface area contributed by atoms with Crippen molar-refractivity contribution in [2.24, 2.45) is 0 Å². The van der Waals surface area contributed by atoms with Crippen molar-refractivity contribution >= 4 is 23.1 Å². The summed E-state index contributed by atoms with van der Waals surface area (Å²) >= 11 is 0. The van der Waals surface area contributed by atoms with Crippen LogP contribution in [0.25, 0.3) is 0 Å². The highest BCUT2D eigenvalue weighted by Gasteiger charge is 2.11. The Morgan fingerprint density at radius 1 is 1.04 bits per heavy atom. The van der Waals surface area contributed by atoms with Crippen LogP contribution in [-0.2, 0) is 0 Å². The summed E-state index contributed by atoms with van der Waals surface area (Å²) in [7, 11) is 0. The smallest absolute Gasteiger partial charge is 0.275 e. The maximum absolute atomic E-state index is 12.3. The summed E-state index contributed by atoms with van der Waals surface area (Å²) in [6.07, 6.45) is 2.90. The zero-order valence-electron chi connectivity index (χ0n) is 14.4. The predicted molar refractivity (Wildman–Crippen MR) is 100 cm³/mol. The average Bonchev–Trinajstić information content (AvgIpc) is 2.65. The predicted octanol–water partition coefficient (Wildman–Crippen LogP) is 3.96. The van der Waals surface area contributed by atoms with Crippen molar-refractivity contribution < 1.29 is 4.79 Å². The number of carbonyl (C=O) groups is 1. The van der Waals surface area contributed by atoms with Crippen molar-refractivity contribution in [1.82, 2.24) is 9.97 Å². The van der Waals surface area contributed by atoms with Gasteiger partial charge in [0.05, 0.1) is 23.6 Å². The number of nitrogens with zero attached hydrogens (tertiary/aromatic N) is 3. The highest BCUT2D eigenvalue weighted by atomic mass is 16.1. The molecule has 1 amide bonds. The molecule has 1 heterocycles. The number of carbonyl (C=O) groups excluding carboxylic acids is 1. The molecule has 0 aliphatic rings. The highest BCUT2D eigenvalue weighted by molar-refractivity contribution is 6.03. The molecule has 3 aromatic rings. The van der Waals surface area contributed by atoms with Crippen molar-refractivity contribution in [2.45, 2.75) is 13.8 Å². The zero-order chi connectivity index (χ0) is 18.5. The van der Waals surface area contributed by atoms with E-state index in [9.17, 15) is 4.79 Å². The maximum atomic E-state index is 12.3. The Kier molecular flexibility index (Phi) is 4.90. The molecule has 6 heteroatoms. The SMILES string of the molecule is Cc1ccc(Nc2cnc(C(=O)Nc3ccccc3C#N)cn2)c(C)c1. The molecule has 0 aliphatic heterocycles. The fourth-order valence-corrected chi connectivity index (χ4v) is 2.48. The van der Waals surface area contributed by atoms with Gasteiger partial charge in [-0.15, -0.1) is 0 Å². The van der Waals surface area contributed by atoms with Gasteiger partial charge in [-0.1, -0.05) is 29.8 Å². The minimum atomic E-state index is -0.418. The van der Waals surface area contributed by atoms with Crippen molar-refractivity contribution in [1.29, 1.82) is 5.26 Å². The summed E-state index contributed by atoms with van der Waals surface area (Å²) in [4.78, 5) is 20.7. The maximum Gasteiger partial charge on any atom is 0.275 e. The molecule has 26 heavy (non-hydrogen) atoms. The number of rotatable bonds is 4. The van der Waals surface area contributed by atoms with E-state index in [1.165, 1.54) is 18.0 Å². The molecule has 0 bridgehead atoms. The summed E-state index contributed by atoms with van der Waals surface area (Å²) in [6, 6.07) is 14.9. The molecule has 0 atom stereocenters. The van der Waals surface area contributed by atoms with Gasteiger partial charge in [-0.25, -0.2) is 9.97 Å². The molecule has 0 saturated heterocycles. The van der Waals surface area contributed by atoms with Crippen LogP contribution in [-0.4, -0.2) is 15.9 Å². The van der Waals surface area contributed by atoms with E-state index in [1.807, 2.05) is 32.0 Å². The van der Waals surface area contributed by atoms with E-state index in [0.717, 1.165) is 11.3 Å². The molecule has 1 aromatic heterocycles. The third-order valence-corrected chi connectivity index (χ3v) is 3.82. The molecule has 2 N–H and O–H groups in total. The van der Waals surface area contributed by atoms with Crippen LogP contribution in [0.15, 0.2) is 54.9 Å². The van der Waals surface area contributed by atoms with Gasteiger partial charge in [0.25, 0.3) is 5.91 Å². The van der Waals surface area contributed by atoms with Gasteiger partial charge in [0, 0.05) is 5.69 Å². The van der Waals surface area contributed by atoms with Gasteiger partial charge in [0.15, 0.2) is 0 Å². The quantitative estimate of drug-likeness (QED) is 0.748. The Hall–Kier alpha value is -3.72. The number of anilines is 3. The second-order valence-electron chi connectivity index (χ2n) is 5.84. The summed E-state index contributed by atoms with van der Waals surface area (Å²) < 4.78 is 0. The van der Waals surface area contributed by atoms with E-state index in [-0.39, 0.29) is 5.69 Å². The number of hydrogen-bond acceptors (Lipinski definition) is 5. The Morgan fingerprint density at radius 3 is 2.54 bits per heavy atom. The van der Waals surface area contributed by atoms with Crippen LogP contribution in [0.2, 0.25) is 0 Å². The zero-order valence-corrected chi connectivity index (χ0v) is 14.4. The number of amides is 1. The first-order chi connectivity index (χ1) is 12.6. The lowest BCUT2D eigenvalue weighted by Gasteiger charge is -2.10. The van der Waals surface area contributed by atoms with Crippen LogP contribution in [0.3, 0.4) is 0 Å². The van der Waals surface area contributed by atoms with Crippen molar-refractivity contribution in [3.8, 4) is 6.07 Å². The Morgan fingerprint density at radius 2 is 1.85 bits per heavy atom. The topological polar surface area (TPSA) is 90.7 Å². The van der Waals surface area contributed by atoms with E-state index < -0.39 is 5.91 Å². The minimum absolute atomic E-state index is 0.170. The first kappa shape index (κ1) is 17.1. The van der Waals surface area contributed by atoms with Crippen LogP contribution < -0.4 is 10.6 Å². The van der Waals surface area contributed by atoms with Crippen LogP contribution in [0.5, 0.6) is 0 Å². The first-order valence-electron chi connectivity index (χ1n) is 8.03. The molecule has 0 saturated carbocycles. The van der Waals surface area contributed by atoms with Gasteiger partial charge in [-0.2, -0.15) is 5.26 Å². The molecule has 2 aromatic carbocycles. The van der Waals surface area contributed by atoms with E-state index >= 15 is 0 Å². The summed E-state index contributed by atoms with van der Waals surface area (Å²) in [6.45, 7) is 4.05. The van der Waals surface area contributed by atoms with Gasteiger partial charge in [0.1, 0.15) is 17.6 Å². The third-order valence-electron chi connectivity index (χ3n) is 3.82. The minimum Gasteiger partial charge on any atom is -0.339 e. The van der Waals surface area contributed by atoms with Crippen molar-refractivity contribution in [3.63, 3.8) is 0 Å². The number of para-hydroxylation sites is 1. The van der Waals surface area contributed by atoms with E-state index in [4.69, 9.17) is 5.26 Å². The molecule has 6 nitrogen and oxygen atoms in total. The number of nitrogens with one attached hydrogen (secondary N) is 2. The standard InChI is InChI=1S/C20H17N5O/c1-13-7-8-16(14(2)9-13)24-19-12-22-18(11-23-19)20(26)25-17-6-4-3-5-15(17)10-21/h3-9,11-12H,1-2H3,(H,23,24)(H,25,26). The van der Waals surface area contributed by atoms with E-state index in [2.05, 4.69) is 26.7 Å². The lowest BCUT2D eigenvalue weighted by Crippen LogP contribution is -2.15. The monoisotopic (exact) mass is 343 g/mol. The Balaban J connectivity index is 1.73. The van der Waals surface area contributed by atoms with E-state index in [1.54, 1.807) is 24.3 Å². The van der Waals surface area contributed by atoms with Gasteiger partial charge in [-0.05, 0) is 37.6 Å². The average molecular weight is 343 g/mol. The van der Waals surface area contributed by atoms with Crippen LogP contribution in [0, 0.1) is 25.2 Å². The molecule has 0 unspecified atom stereocenters. The van der Waals surface area contributed by atoms with Gasteiger partial charge < -0.3 is 10.6 Å². The van der Waals surface area contributed by atoms with Gasteiger partial charge in [-0.3, -0.25) is 4.79 Å². The molecule has 0 fully saturated rings. The lowest BCUT2D eigenvalue weighted by atomic mass is 10.1. The van der Waals surface area contributed by atoms with Gasteiger partial charge in [0.2, 0.25) is 0 Å². The number of benzene rings is 2. The molecular formula is C20H17N5O. The molecule has 0 aliphatic carbocycles. The summed E-state index contributed by atoms with van der Waals surface area (Å²) in [5.74, 6) is 0.129. The Bertz CT molecular complexity index is 990. The second-order valence-corrected chi connectivity index (χ2v) is 5.84. The van der Waals surface area contributed by atoms with E-state index in [0.29, 0.717) is 17.1 Å². The number of hydrogen-bond donors (Lipinski definition) is 2. The number of aromatic nitrogens is 2. The lowest BCUT2D eigenvalue weighted by molar-refractivity contribution is 0.102. The molecule has 3 rings (SSSR count). The van der Waals surface area contributed by atoms with Crippen molar-refractivity contribution in [3.05, 3.63) is 77.2 Å². The normalized spacial score (nSPS) is 10.0. The first-order valence-corrected chi connectivity index (χ1v) is 8.03. The number of nitriles is 1. The molecule has 0 radical (unpaired) electrons. The summed E-state index contributed by atoms with van der Waals surface area (Å²) in [5, 5.41) is 14.9. The summed E-state index contributed by atoms with van der Waals surface area (Å²) in [5.41, 5.74) is 4.22.